The van der Waals surface area contributed by atoms with Gasteiger partial charge in [-0.05, 0) is 124 Å². The zero-order chi connectivity index (χ0) is 46.7. The van der Waals surface area contributed by atoms with Gasteiger partial charge in [0.05, 0.1) is 48.7 Å². The fraction of sp³-hybridized carbons (Fsp3) is 0.320. The SMILES string of the molecule is CC[NH+](CC)CC.COC(=O)c1ccc2sc(/C=C/C3=C(N(c4ccccc4)c4ccccc4)C(=C/C=C4\Sc5ccc(C)cc5N4CCCSOO[O-])/CC3)[n+](CCCSOO[O-])c2c1. The molecule has 0 saturated heterocycles. The number of para-hydroxylation sites is 2. The number of nitrogens with one attached hydrogen (secondary N) is 1. The number of nitrogens with zero attached hydrogens (tertiary/aromatic N) is 3. The van der Waals surface area contributed by atoms with Crippen LogP contribution in [0.5, 0.6) is 0 Å². The van der Waals surface area contributed by atoms with E-state index in [4.69, 9.17) is 4.74 Å². The van der Waals surface area contributed by atoms with E-state index in [0.29, 0.717) is 30.0 Å². The molecule has 7 rings (SSSR count). The number of thiazole rings is 1. The van der Waals surface area contributed by atoms with Gasteiger partial charge in [0.2, 0.25) is 5.52 Å². The topological polar surface area (TPSA) is 124 Å². The molecule has 0 bridgehead atoms. The second-order valence-electron chi connectivity index (χ2n) is 15.3. The lowest BCUT2D eigenvalue weighted by atomic mass is 10.1. The van der Waals surface area contributed by atoms with Crippen molar-refractivity contribution >= 4 is 86.5 Å². The molecule has 5 aromatic rings. The highest BCUT2D eigenvalue weighted by molar-refractivity contribution is 8.03. The highest BCUT2D eigenvalue weighted by Gasteiger charge is 2.29. The van der Waals surface area contributed by atoms with Gasteiger partial charge in [0.15, 0.2) is 6.54 Å². The number of hydrogen-bond acceptors (Lipinski definition) is 14. The number of carbonyl (C=O) groups is 1. The Labute approximate surface area is 405 Å². The van der Waals surface area contributed by atoms with E-state index in [0.717, 1.165) is 87.2 Å². The number of thioether (sulfide) groups is 1. The summed E-state index contributed by atoms with van der Waals surface area (Å²) in [4.78, 5) is 20.1. The predicted octanol–water partition coefficient (Wildman–Crippen LogP) is 9.02. The number of allylic oxidation sites excluding steroid dienone is 5. The molecule has 66 heavy (non-hydrogen) atoms. The lowest BCUT2D eigenvalue weighted by molar-refractivity contribution is -0.894. The van der Waals surface area contributed by atoms with Crippen LogP contribution in [0.1, 0.15) is 67.4 Å². The third-order valence-electron chi connectivity index (χ3n) is 11.3. The van der Waals surface area contributed by atoms with Gasteiger partial charge in [-0.3, -0.25) is 10.1 Å². The normalized spacial score (nSPS) is 14.8. The van der Waals surface area contributed by atoms with Crippen LogP contribution < -0.4 is 29.8 Å². The summed E-state index contributed by atoms with van der Waals surface area (Å²) in [6.07, 6.45) is 12.0. The second kappa shape index (κ2) is 26.8. The standard InChI is InChI=1S/C44H43N3O8S4.C6H15N/c1-31-15-21-39-37(29-31)45(25-9-27-56-54-52-49)41(58-39)23-19-32-16-17-33(43(32)47(35-11-5-3-6-12-35)36-13-7-4-8-14-36)20-24-42-46(26-10-28-57-55-53-50)38-30-34(44(48)51-2)18-22-40(38)59-42;1-4-7(5-2)6-3/h3-8,11-15,18-24,29-30H,9-10,16-17,25-28H2,1-2H3,(H-,49,50);4-6H2,1-3H3. The van der Waals surface area contributed by atoms with Crippen LogP contribution in [0.15, 0.2) is 142 Å². The van der Waals surface area contributed by atoms with Crippen molar-refractivity contribution in [1.29, 1.82) is 0 Å². The summed E-state index contributed by atoms with van der Waals surface area (Å²) >= 11 is 5.38. The number of fused-ring (bicyclic) bond motifs is 2. The second-order valence-corrected chi connectivity index (χ2v) is 19.0. The smallest absolute Gasteiger partial charge is 0.338 e. The van der Waals surface area contributed by atoms with Gasteiger partial charge in [-0.15, -0.1) is 0 Å². The van der Waals surface area contributed by atoms with Crippen molar-refractivity contribution in [2.24, 2.45) is 0 Å². The van der Waals surface area contributed by atoms with Crippen molar-refractivity contribution in [2.75, 3.05) is 54.6 Å². The van der Waals surface area contributed by atoms with Crippen molar-refractivity contribution in [1.82, 2.24) is 0 Å². The van der Waals surface area contributed by atoms with Crippen molar-refractivity contribution in [2.45, 2.75) is 64.8 Å². The summed E-state index contributed by atoms with van der Waals surface area (Å²) in [5.41, 5.74) is 9.38. The van der Waals surface area contributed by atoms with Gasteiger partial charge in [0, 0.05) is 77.0 Å². The first kappa shape index (κ1) is 51.0. The van der Waals surface area contributed by atoms with Crippen LogP contribution in [0.25, 0.3) is 16.3 Å². The van der Waals surface area contributed by atoms with Crippen LogP contribution >= 0.6 is 47.2 Å². The highest BCUT2D eigenvalue weighted by atomic mass is 32.2. The van der Waals surface area contributed by atoms with Gasteiger partial charge in [-0.2, -0.15) is 13.2 Å². The van der Waals surface area contributed by atoms with E-state index >= 15 is 0 Å². The molecule has 0 amide bonds. The van der Waals surface area contributed by atoms with E-state index in [9.17, 15) is 15.3 Å². The van der Waals surface area contributed by atoms with Crippen molar-refractivity contribution in [3.05, 3.63) is 153 Å². The maximum Gasteiger partial charge on any atom is 0.338 e. The Kier molecular flexibility index (Phi) is 20.7. The largest absolute Gasteiger partial charge is 0.691 e. The van der Waals surface area contributed by atoms with Crippen LogP contribution in [-0.4, -0.2) is 50.8 Å². The number of benzene rings is 4. The Morgan fingerprint density at radius 1 is 0.833 bits per heavy atom. The number of methoxy groups -OCH3 is 1. The molecule has 1 N–H and O–H groups in total. The number of aromatic nitrogens is 1. The first-order chi connectivity index (χ1) is 32.3. The molecule has 1 aliphatic heterocycles. The maximum atomic E-state index is 12.5. The van der Waals surface area contributed by atoms with E-state index in [2.05, 4.69) is 152 Å². The molecule has 12 nitrogen and oxygen atoms in total. The molecular weight excluding hydrogens is 913 g/mol. The predicted molar refractivity (Wildman–Crippen MR) is 265 cm³/mol. The molecule has 0 spiro atoms. The molecule has 0 saturated carbocycles. The number of carbonyl (C=O) groups excluding carboxylic acids is 1. The van der Waals surface area contributed by atoms with Gasteiger partial charge >= 0.3 is 5.97 Å². The lowest BCUT2D eigenvalue weighted by Gasteiger charge is -2.28. The van der Waals surface area contributed by atoms with Crippen LogP contribution in [0, 0.1) is 6.92 Å². The van der Waals surface area contributed by atoms with Crippen molar-refractivity contribution in [3.8, 4) is 0 Å². The van der Waals surface area contributed by atoms with E-state index in [1.54, 1.807) is 34.1 Å². The number of anilines is 3. The molecule has 350 valence electrons. The molecule has 2 heterocycles. The number of quaternary nitrogens is 1. The van der Waals surface area contributed by atoms with Crippen molar-refractivity contribution < 1.29 is 48.3 Å². The molecule has 16 heteroatoms. The van der Waals surface area contributed by atoms with Gasteiger partial charge in [0.1, 0.15) is 4.70 Å². The van der Waals surface area contributed by atoms with E-state index in [1.165, 1.54) is 54.0 Å². The molecule has 1 aromatic heterocycles. The fourth-order valence-corrected chi connectivity index (χ4v) is 10.8. The first-order valence-corrected chi connectivity index (χ1v) is 25.6. The van der Waals surface area contributed by atoms with E-state index in [-0.39, 0.29) is 0 Å². The number of esters is 1. The number of ether oxygens (including phenoxy) is 1. The van der Waals surface area contributed by atoms with E-state index < -0.39 is 5.97 Å². The van der Waals surface area contributed by atoms with Gasteiger partial charge < -0.3 is 30.0 Å². The van der Waals surface area contributed by atoms with Crippen LogP contribution in [0.2, 0.25) is 0 Å². The molecule has 0 fully saturated rings. The minimum Gasteiger partial charge on any atom is -0.691 e. The fourth-order valence-electron chi connectivity index (χ4n) is 7.92. The average Bonchev–Trinajstić information content (AvgIpc) is 4.03. The molecule has 0 unspecified atom stereocenters. The Morgan fingerprint density at radius 3 is 2.12 bits per heavy atom. The third kappa shape index (κ3) is 13.6. The molecular formula is C50H58N4O8S4. The Morgan fingerprint density at radius 2 is 1.50 bits per heavy atom. The summed E-state index contributed by atoms with van der Waals surface area (Å²) in [7, 11) is 1.38. The molecule has 0 radical (unpaired) electrons. The van der Waals surface area contributed by atoms with Gasteiger partial charge in [-0.25, -0.2) is 4.79 Å². The Hall–Kier alpha value is -4.43. The summed E-state index contributed by atoms with van der Waals surface area (Å²) in [6, 6.07) is 33.1. The number of rotatable bonds is 22. The highest BCUT2D eigenvalue weighted by Crippen LogP contribution is 2.47. The number of aryl methyl sites for hydroxylation is 2. The quantitative estimate of drug-likeness (QED) is 0.0177. The average molecular weight is 971 g/mol. The maximum absolute atomic E-state index is 12.5. The third-order valence-corrected chi connectivity index (χ3v) is 14.8. The van der Waals surface area contributed by atoms with E-state index in [1.807, 2.05) is 24.3 Å². The minimum absolute atomic E-state index is 0.395. The van der Waals surface area contributed by atoms with Gasteiger partial charge in [-0.1, -0.05) is 71.6 Å². The molecule has 4 aromatic carbocycles. The molecule has 0 atom stereocenters. The zero-order valence-electron chi connectivity index (χ0n) is 38.1. The lowest BCUT2D eigenvalue weighted by Crippen LogP contribution is -3.11. The monoisotopic (exact) mass is 970 g/mol. The van der Waals surface area contributed by atoms with Gasteiger partial charge in [0.25, 0.3) is 5.01 Å². The summed E-state index contributed by atoms with van der Waals surface area (Å²) < 4.78 is 17.3. The zero-order valence-corrected chi connectivity index (χ0v) is 41.3. The van der Waals surface area contributed by atoms with Crippen LogP contribution in [0.4, 0.5) is 17.1 Å². The summed E-state index contributed by atoms with van der Waals surface area (Å²) in [6.45, 7) is 14.0. The summed E-state index contributed by atoms with van der Waals surface area (Å²) in [5, 5.41) is 29.9. The minimum atomic E-state index is -0.395. The number of hydrogen-bond donors (Lipinski definition) is 1. The Balaban J connectivity index is 0.000000952. The Bertz CT molecular complexity index is 2410. The first-order valence-electron chi connectivity index (χ1n) is 22.2. The molecule has 1 aliphatic carbocycles. The summed E-state index contributed by atoms with van der Waals surface area (Å²) in [5.74, 6) is 0.757. The van der Waals surface area contributed by atoms with Crippen LogP contribution in [-0.2, 0) is 30.0 Å². The molecule has 2 aliphatic rings. The van der Waals surface area contributed by atoms with Crippen LogP contribution in [0.3, 0.4) is 0 Å². The van der Waals surface area contributed by atoms with Crippen molar-refractivity contribution in [3.63, 3.8) is 0 Å².